The van der Waals surface area contributed by atoms with Crippen LogP contribution in [-0.4, -0.2) is 18.6 Å². The first kappa shape index (κ1) is 16.1. The number of para-hydroxylation sites is 1. The lowest BCUT2D eigenvalue weighted by molar-refractivity contribution is -0.117. The van der Waals surface area contributed by atoms with Crippen LogP contribution in [0.4, 0.5) is 0 Å². The fraction of sp³-hybridized carbons (Fsp3) is 0.444. The molecule has 0 spiro atoms. The summed E-state index contributed by atoms with van der Waals surface area (Å²) in [4.78, 5) is 12.3. The molecule has 1 N–H and O–H groups in total. The quantitative estimate of drug-likeness (QED) is 0.669. The third-order valence-corrected chi connectivity index (χ3v) is 3.82. The van der Waals surface area contributed by atoms with Gasteiger partial charge in [-0.2, -0.15) is 5.26 Å². The number of amides is 1. The molecule has 4 nitrogen and oxygen atoms in total. The van der Waals surface area contributed by atoms with Gasteiger partial charge >= 0.3 is 0 Å². The van der Waals surface area contributed by atoms with E-state index in [-0.39, 0.29) is 17.5 Å². The summed E-state index contributed by atoms with van der Waals surface area (Å²) < 4.78 is 5.53. The van der Waals surface area contributed by atoms with E-state index in [1.54, 1.807) is 6.08 Å². The highest BCUT2D eigenvalue weighted by Crippen LogP contribution is 2.22. The Morgan fingerprint density at radius 2 is 2.09 bits per heavy atom. The first-order valence-corrected chi connectivity index (χ1v) is 7.89. The average molecular weight is 298 g/mol. The predicted molar refractivity (Wildman–Crippen MR) is 86.2 cm³/mol. The Kier molecular flexibility index (Phi) is 6.02. The van der Waals surface area contributed by atoms with E-state index in [2.05, 4.69) is 5.32 Å². The third-order valence-electron chi connectivity index (χ3n) is 3.82. The topological polar surface area (TPSA) is 62.1 Å². The second-order valence-electron chi connectivity index (χ2n) is 5.45. The van der Waals surface area contributed by atoms with Crippen molar-refractivity contribution in [3.63, 3.8) is 0 Å². The van der Waals surface area contributed by atoms with Crippen LogP contribution < -0.4 is 10.1 Å². The van der Waals surface area contributed by atoms with Gasteiger partial charge in [0.1, 0.15) is 17.4 Å². The van der Waals surface area contributed by atoms with E-state index < -0.39 is 0 Å². The van der Waals surface area contributed by atoms with Crippen LogP contribution in [0, 0.1) is 11.3 Å². The molecule has 0 saturated heterocycles. The van der Waals surface area contributed by atoms with Crippen LogP contribution in [0.3, 0.4) is 0 Å². The molecule has 0 unspecified atom stereocenters. The number of carbonyl (C=O) groups excluding carboxylic acids is 1. The maximum absolute atomic E-state index is 12.3. The van der Waals surface area contributed by atoms with Crippen molar-refractivity contribution in [1.82, 2.24) is 5.32 Å². The number of nitrogens with zero attached hydrogens (tertiary/aromatic N) is 1. The van der Waals surface area contributed by atoms with Crippen molar-refractivity contribution in [2.75, 3.05) is 6.61 Å². The summed E-state index contributed by atoms with van der Waals surface area (Å²) in [5.41, 5.74) is 0.873. The maximum Gasteiger partial charge on any atom is 0.262 e. The molecular weight excluding hydrogens is 276 g/mol. The molecule has 2 rings (SSSR count). The lowest BCUT2D eigenvalue weighted by Crippen LogP contribution is -2.36. The van der Waals surface area contributed by atoms with E-state index in [1.807, 2.05) is 37.3 Å². The van der Waals surface area contributed by atoms with Gasteiger partial charge < -0.3 is 10.1 Å². The van der Waals surface area contributed by atoms with E-state index in [4.69, 9.17) is 4.74 Å². The molecule has 0 aromatic heterocycles. The van der Waals surface area contributed by atoms with Crippen LogP contribution in [0.2, 0.25) is 0 Å². The number of ether oxygens (including phenoxy) is 1. The number of hydrogen-bond acceptors (Lipinski definition) is 3. The van der Waals surface area contributed by atoms with Crippen molar-refractivity contribution < 1.29 is 9.53 Å². The monoisotopic (exact) mass is 298 g/mol. The molecule has 0 bridgehead atoms. The smallest absolute Gasteiger partial charge is 0.262 e. The Balaban J connectivity index is 2.13. The largest absolute Gasteiger partial charge is 0.493 e. The van der Waals surface area contributed by atoms with Gasteiger partial charge in [-0.25, -0.2) is 0 Å². The van der Waals surface area contributed by atoms with Gasteiger partial charge in [-0.05, 0) is 31.9 Å². The summed E-state index contributed by atoms with van der Waals surface area (Å²) in [6.07, 6.45) is 7.12. The van der Waals surface area contributed by atoms with Crippen LogP contribution in [0.1, 0.15) is 44.6 Å². The van der Waals surface area contributed by atoms with Gasteiger partial charge in [-0.1, -0.05) is 37.5 Å². The molecule has 1 aromatic rings. The van der Waals surface area contributed by atoms with Crippen molar-refractivity contribution in [1.29, 1.82) is 5.26 Å². The first-order valence-electron chi connectivity index (χ1n) is 7.89. The standard InChI is InChI=1S/C18H22N2O2/c1-2-22-17-11-7-6-8-14(17)12-15(13-19)18(21)20-16-9-4-3-5-10-16/h6-8,11-12,16H,2-5,9-10H2,1H3,(H,20,21)/b15-12+. The molecule has 4 heteroatoms. The van der Waals surface area contributed by atoms with Crippen molar-refractivity contribution in [3.05, 3.63) is 35.4 Å². The average Bonchev–Trinajstić information content (AvgIpc) is 2.55. The van der Waals surface area contributed by atoms with E-state index in [0.29, 0.717) is 12.4 Å². The Morgan fingerprint density at radius 1 is 1.36 bits per heavy atom. The number of hydrogen-bond donors (Lipinski definition) is 1. The Bertz CT molecular complexity index is 581. The molecule has 0 radical (unpaired) electrons. The molecule has 1 aliphatic rings. The van der Waals surface area contributed by atoms with Crippen LogP contribution in [0.5, 0.6) is 5.75 Å². The molecule has 1 amide bonds. The Labute approximate surface area is 131 Å². The SMILES string of the molecule is CCOc1ccccc1/C=C(\C#N)C(=O)NC1CCCCC1. The predicted octanol–water partition coefficient (Wildman–Crippen LogP) is 3.44. The van der Waals surface area contributed by atoms with Gasteiger partial charge in [-0.3, -0.25) is 4.79 Å². The van der Waals surface area contributed by atoms with Crippen LogP contribution in [0.25, 0.3) is 6.08 Å². The normalized spacial score (nSPS) is 15.9. The zero-order chi connectivity index (χ0) is 15.8. The summed E-state index contributed by atoms with van der Waals surface area (Å²) in [7, 11) is 0. The van der Waals surface area contributed by atoms with Crippen LogP contribution in [0.15, 0.2) is 29.8 Å². The first-order chi connectivity index (χ1) is 10.7. The molecule has 0 atom stereocenters. The summed E-state index contributed by atoms with van der Waals surface area (Å²) in [6.45, 7) is 2.45. The molecule has 116 valence electrons. The minimum Gasteiger partial charge on any atom is -0.493 e. The molecule has 1 saturated carbocycles. The second kappa shape index (κ2) is 8.23. The second-order valence-corrected chi connectivity index (χ2v) is 5.45. The summed E-state index contributed by atoms with van der Waals surface area (Å²) in [6, 6.07) is 9.61. The van der Waals surface area contributed by atoms with Gasteiger partial charge in [0, 0.05) is 11.6 Å². The molecule has 1 fully saturated rings. The summed E-state index contributed by atoms with van der Waals surface area (Å²) in [5, 5.41) is 12.3. The van der Waals surface area contributed by atoms with Gasteiger partial charge in [0.15, 0.2) is 0 Å². The fourth-order valence-electron chi connectivity index (χ4n) is 2.70. The molecular formula is C18H22N2O2. The minimum absolute atomic E-state index is 0.123. The Morgan fingerprint density at radius 3 is 2.77 bits per heavy atom. The fourth-order valence-corrected chi connectivity index (χ4v) is 2.70. The highest BCUT2D eigenvalue weighted by Gasteiger charge is 2.18. The van der Waals surface area contributed by atoms with Gasteiger partial charge in [0.05, 0.1) is 6.61 Å². The molecule has 1 aliphatic carbocycles. The number of rotatable bonds is 5. The number of nitrogens with one attached hydrogen (secondary N) is 1. The van der Waals surface area contributed by atoms with Crippen molar-refractivity contribution in [2.24, 2.45) is 0 Å². The molecule has 22 heavy (non-hydrogen) atoms. The zero-order valence-electron chi connectivity index (χ0n) is 13.0. The lowest BCUT2D eigenvalue weighted by atomic mass is 9.95. The van der Waals surface area contributed by atoms with Gasteiger partial charge in [0.25, 0.3) is 5.91 Å². The van der Waals surface area contributed by atoms with Gasteiger partial charge in [-0.15, -0.1) is 0 Å². The summed E-state index contributed by atoms with van der Waals surface area (Å²) in [5.74, 6) is 0.393. The zero-order valence-corrected chi connectivity index (χ0v) is 13.0. The van der Waals surface area contributed by atoms with E-state index in [1.165, 1.54) is 6.42 Å². The van der Waals surface area contributed by atoms with E-state index in [0.717, 1.165) is 31.2 Å². The molecule has 0 aliphatic heterocycles. The van der Waals surface area contributed by atoms with Gasteiger partial charge in [0.2, 0.25) is 0 Å². The van der Waals surface area contributed by atoms with Crippen molar-refractivity contribution in [3.8, 4) is 11.8 Å². The van der Waals surface area contributed by atoms with E-state index in [9.17, 15) is 10.1 Å². The van der Waals surface area contributed by atoms with E-state index >= 15 is 0 Å². The van der Waals surface area contributed by atoms with Crippen LogP contribution >= 0.6 is 0 Å². The minimum atomic E-state index is -0.291. The van der Waals surface area contributed by atoms with Crippen LogP contribution in [-0.2, 0) is 4.79 Å². The third kappa shape index (κ3) is 4.36. The highest BCUT2D eigenvalue weighted by atomic mass is 16.5. The highest BCUT2D eigenvalue weighted by molar-refractivity contribution is 6.02. The summed E-state index contributed by atoms with van der Waals surface area (Å²) >= 11 is 0. The number of carbonyl (C=O) groups is 1. The number of nitriles is 1. The maximum atomic E-state index is 12.3. The van der Waals surface area contributed by atoms with Crippen molar-refractivity contribution >= 4 is 12.0 Å². The lowest BCUT2D eigenvalue weighted by Gasteiger charge is -2.22. The molecule has 0 heterocycles. The number of benzene rings is 1. The molecule has 1 aromatic carbocycles. The van der Waals surface area contributed by atoms with Crippen molar-refractivity contribution in [2.45, 2.75) is 45.1 Å². The Hall–Kier alpha value is -2.28.